The number of nitrogens with one attached hydrogen (secondary N) is 2. The van der Waals surface area contributed by atoms with E-state index in [2.05, 4.69) is 15.6 Å². The fourth-order valence-electron chi connectivity index (χ4n) is 3.31. The van der Waals surface area contributed by atoms with Crippen LogP contribution in [0.1, 0.15) is 24.1 Å². The number of pyridine rings is 1. The van der Waals surface area contributed by atoms with Gasteiger partial charge < -0.3 is 20.3 Å². The Bertz CT molecular complexity index is 797. The van der Waals surface area contributed by atoms with Crippen molar-refractivity contribution in [3.8, 4) is 5.75 Å². The lowest BCUT2D eigenvalue weighted by Gasteiger charge is -2.26. The van der Waals surface area contributed by atoms with Gasteiger partial charge in [0.2, 0.25) is 5.91 Å². The van der Waals surface area contributed by atoms with Gasteiger partial charge in [-0.3, -0.25) is 9.78 Å². The molecule has 1 saturated heterocycles. The molecule has 0 aliphatic carbocycles. The number of benzene rings is 1. The minimum atomic E-state index is -0.165. The second-order valence-corrected chi connectivity index (χ2v) is 6.80. The van der Waals surface area contributed by atoms with Crippen molar-refractivity contribution >= 4 is 11.9 Å². The highest BCUT2D eigenvalue weighted by Crippen LogP contribution is 2.17. The van der Waals surface area contributed by atoms with Gasteiger partial charge in [0, 0.05) is 31.7 Å². The Balaban J connectivity index is 1.59. The highest BCUT2D eigenvalue weighted by molar-refractivity contribution is 5.79. The van der Waals surface area contributed by atoms with Crippen LogP contribution in [0.15, 0.2) is 48.7 Å². The second-order valence-electron chi connectivity index (χ2n) is 6.80. The van der Waals surface area contributed by atoms with Crippen LogP contribution in [0.2, 0.25) is 0 Å². The molecule has 1 fully saturated rings. The maximum absolute atomic E-state index is 12.8. The number of hydrogen-bond acceptors (Lipinski definition) is 4. The molecule has 1 atom stereocenters. The number of carbonyl (C=O) groups excluding carboxylic acids is 2. The Morgan fingerprint density at radius 2 is 2.11 bits per heavy atom. The van der Waals surface area contributed by atoms with Crippen LogP contribution >= 0.6 is 0 Å². The Kier molecular flexibility index (Phi) is 6.84. The molecule has 28 heavy (non-hydrogen) atoms. The van der Waals surface area contributed by atoms with Crippen LogP contribution in [0, 0.1) is 0 Å². The molecule has 0 saturated carbocycles. The first-order valence-electron chi connectivity index (χ1n) is 9.49. The summed E-state index contributed by atoms with van der Waals surface area (Å²) in [5.74, 6) is 0.857. The number of aromatic nitrogens is 1. The number of urea groups is 1. The van der Waals surface area contributed by atoms with E-state index in [4.69, 9.17) is 4.74 Å². The van der Waals surface area contributed by atoms with Gasteiger partial charge in [-0.2, -0.15) is 0 Å². The Morgan fingerprint density at radius 1 is 1.29 bits per heavy atom. The van der Waals surface area contributed by atoms with Gasteiger partial charge in [-0.15, -0.1) is 0 Å². The van der Waals surface area contributed by atoms with Gasteiger partial charge in [-0.05, 0) is 36.6 Å². The molecule has 0 bridgehead atoms. The predicted octanol–water partition coefficient (Wildman–Crippen LogP) is 2.12. The van der Waals surface area contributed by atoms with Gasteiger partial charge in [0.25, 0.3) is 0 Å². The molecule has 7 heteroatoms. The summed E-state index contributed by atoms with van der Waals surface area (Å²) in [4.78, 5) is 30.3. The van der Waals surface area contributed by atoms with Crippen LogP contribution in [-0.2, 0) is 17.8 Å². The number of amides is 3. The molecule has 0 spiro atoms. The van der Waals surface area contributed by atoms with Crippen LogP contribution in [0.3, 0.4) is 0 Å². The van der Waals surface area contributed by atoms with Gasteiger partial charge in [0.15, 0.2) is 0 Å². The minimum absolute atomic E-state index is 0.0174. The summed E-state index contributed by atoms with van der Waals surface area (Å²) in [6.45, 7) is 1.35. The number of nitrogens with zero attached hydrogens (tertiary/aromatic N) is 2. The number of carbonyl (C=O) groups is 2. The van der Waals surface area contributed by atoms with Gasteiger partial charge in [0.1, 0.15) is 5.75 Å². The number of hydrogen-bond donors (Lipinski definition) is 2. The molecular weight excluding hydrogens is 356 g/mol. The zero-order valence-electron chi connectivity index (χ0n) is 16.1. The lowest BCUT2D eigenvalue weighted by atomic mass is 10.1. The molecule has 1 aromatic carbocycles. The third-order valence-corrected chi connectivity index (χ3v) is 4.76. The Hall–Kier alpha value is -3.09. The molecule has 2 heterocycles. The lowest BCUT2D eigenvalue weighted by Crippen LogP contribution is -2.46. The average molecular weight is 382 g/mol. The van der Waals surface area contributed by atoms with E-state index in [9.17, 15) is 9.59 Å². The highest BCUT2D eigenvalue weighted by atomic mass is 16.5. The van der Waals surface area contributed by atoms with Crippen LogP contribution in [0.4, 0.5) is 4.79 Å². The molecule has 1 aliphatic rings. The smallest absolute Gasteiger partial charge is 0.317 e. The Morgan fingerprint density at radius 3 is 2.82 bits per heavy atom. The molecule has 3 rings (SSSR count). The molecule has 7 nitrogen and oxygen atoms in total. The van der Waals surface area contributed by atoms with Crippen molar-refractivity contribution in [2.24, 2.45) is 0 Å². The third kappa shape index (κ3) is 5.45. The van der Waals surface area contributed by atoms with E-state index >= 15 is 0 Å². The van der Waals surface area contributed by atoms with E-state index in [0.29, 0.717) is 32.5 Å². The van der Waals surface area contributed by atoms with Crippen molar-refractivity contribution < 1.29 is 14.3 Å². The monoisotopic (exact) mass is 382 g/mol. The summed E-state index contributed by atoms with van der Waals surface area (Å²) in [7, 11) is 1.64. The molecule has 3 amide bonds. The molecule has 0 unspecified atom stereocenters. The van der Waals surface area contributed by atoms with E-state index in [1.165, 1.54) is 0 Å². The number of rotatable bonds is 8. The fourth-order valence-corrected chi connectivity index (χ4v) is 3.31. The molecule has 2 aromatic rings. The lowest BCUT2D eigenvalue weighted by molar-refractivity contribution is -0.119. The van der Waals surface area contributed by atoms with Crippen molar-refractivity contribution in [3.05, 3.63) is 59.9 Å². The first kappa shape index (κ1) is 19.7. The zero-order chi connectivity index (χ0) is 19.8. The van der Waals surface area contributed by atoms with E-state index in [-0.39, 0.29) is 18.0 Å². The largest absolute Gasteiger partial charge is 0.496 e. The minimum Gasteiger partial charge on any atom is -0.496 e. The maximum Gasteiger partial charge on any atom is 0.317 e. The van der Waals surface area contributed by atoms with Crippen LogP contribution in [0.5, 0.6) is 5.75 Å². The van der Waals surface area contributed by atoms with Crippen molar-refractivity contribution in [2.45, 2.75) is 31.8 Å². The first-order chi connectivity index (χ1) is 13.7. The number of ether oxygens (including phenoxy) is 1. The summed E-state index contributed by atoms with van der Waals surface area (Å²) in [5.41, 5.74) is 1.86. The molecular formula is C21H26N4O3. The summed E-state index contributed by atoms with van der Waals surface area (Å²) in [6, 6.07) is 13.2. The van der Waals surface area contributed by atoms with E-state index < -0.39 is 0 Å². The molecule has 1 aromatic heterocycles. The Labute approximate surface area is 165 Å². The quantitative estimate of drug-likeness (QED) is 0.733. The number of para-hydroxylation sites is 1. The highest BCUT2D eigenvalue weighted by Gasteiger charge is 2.25. The standard InChI is InChI=1S/C21H26N4O3/c1-28-19-8-3-2-6-16(19)11-13-23-21(27)25(14-17-7-4-5-12-22-17)15-18-9-10-20(26)24-18/h2-8,12,18H,9-11,13-15H2,1H3,(H,23,27)(H,24,26)/t18-/m0/s1. The van der Waals surface area contributed by atoms with Crippen LogP contribution in [0.25, 0.3) is 0 Å². The van der Waals surface area contributed by atoms with E-state index in [1.807, 2.05) is 42.5 Å². The van der Waals surface area contributed by atoms with Crippen molar-refractivity contribution in [2.75, 3.05) is 20.2 Å². The van der Waals surface area contributed by atoms with E-state index in [1.54, 1.807) is 18.2 Å². The van der Waals surface area contributed by atoms with Gasteiger partial charge >= 0.3 is 6.03 Å². The van der Waals surface area contributed by atoms with E-state index in [0.717, 1.165) is 23.4 Å². The predicted molar refractivity (Wildman–Crippen MR) is 106 cm³/mol. The molecule has 1 aliphatic heterocycles. The summed E-state index contributed by atoms with van der Waals surface area (Å²) in [6.07, 6.45) is 3.64. The molecule has 2 N–H and O–H groups in total. The second kappa shape index (κ2) is 9.73. The van der Waals surface area contributed by atoms with Crippen LogP contribution < -0.4 is 15.4 Å². The molecule has 148 valence electrons. The SMILES string of the molecule is COc1ccccc1CCNC(=O)N(Cc1ccccn1)C[C@@H]1CCC(=O)N1. The summed E-state index contributed by atoms with van der Waals surface area (Å²) >= 11 is 0. The third-order valence-electron chi connectivity index (χ3n) is 4.76. The van der Waals surface area contributed by atoms with Crippen LogP contribution in [-0.4, -0.2) is 48.1 Å². The van der Waals surface area contributed by atoms with Crippen molar-refractivity contribution in [1.29, 1.82) is 0 Å². The molecule has 0 radical (unpaired) electrons. The fraction of sp³-hybridized carbons (Fsp3) is 0.381. The zero-order valence-corrected chi connectivity index (χ0v) is 16.1. The maximum atomic E-state index is 12.8. The number of methoxy groups -OCH3 is 1. The van der Waals surface area contributed by atoms with Crippen molar-refractivity contribution in [1.82, 2.24) is 20.5 Å². The van der Waals surface area contributed by atoms with Gasteiger partial charge in [0.05, 0.1) is 19.3 Å². The first-order valence-corrected chi connectivity index (χ1v) is 9.49. The average Bonchev–Trinajstić information content (AvgIpc) is 3.13. The summed E-state index contributed by atoms with van der Waals surface area (Å²) in [5, 5.41) is 5.90. The normalized spacial score (nSPS) is 15.8. The van der Waals surface area contributed by atoms with Gasteiger partial charge in [-0.25, -0.2) is 4.79 Å². The topological polar surface area (TPSA) is 83.6 Å². The van der Waals surface area contributed by atoms with Gasteiger partial charge in [-0.1, -0.05) is 24.3 Å². The summed E-state index contributed by atoms with van der Waals surface area (Å²) < 4.78 is 5.36. The van der Waals surface area contributed by atoms with Crippen molar-refractivity contribution in [3.63, 3.8) is 0 Å².